The zero-order chi connectivity index (χ0) is 14.2. The first-order chi connectivity index (χ1) is 9.74. The predicted octanol–water partition coefficient (Wildman–Crippen LogP) is 2.67. The van der Waals surface area contributed by atoms with Gasteiger partial charge in [0, 0.05) is 19.6 Å². The zero-order valence-corrected chi connectivity index (χ0v) is 12.8. The molecule has 2 unspecified atom stereocenters. The minimum Gasteiger partial charge on any atom is -0.373 e. The van der Waals surface area contributed by atoms with Gasteiger partial charge < -0.3 is 10.1 Å². The van der Waals surface area contributed by atoms with Crippen LogP contribution in [0.5, 0.6) is 0 Å². The Morgan fingerprint density at radius 3 is 2.50 bits per heavy atom. The topological polar surface area (TPSA) is 24.5 Å². The molecule has 1 saturated heterocycles. The second-order valence-electron chi connectivity index (χ2n) is 5.89. The van der Waals surface area contributed by atoms with Gasteiger partial charge >= 0.3 is 0 Å². The maximum atomic E-state index is 5.76. The summed E-state index contributed by atoms with van der Waals surface area (Å²) in [6.45, 7) is 9.79. The van der Waals surface area contributed by atoms with Gasteiger partial charge in [-0.2, -0.15) is 0 Å². The van der Waals surface area contributed by atoms with Gasteiger partial charge in [-0.1, -0.05) is 30.3 Å². The summed E-state index contributed by atoms with van der Waals surface area (Å²) in [5.41, 5.74) is 1.36. The minimum atomic E-state index is 0.384. The fraction of sp³-hybridized carbons (Fsp3) is 0.647. The van der Waals surface area contributed by atoms with Gasteiger partial charge in [0.1, 0.15) is 0 Å². The number of benzene rings is 1. The average molecular weight is 276 g/mol. The summed E-state index contributed by atoms with van der Waals surface area (Å²) in [5.74, 6) is 0. The van der Waals surface area contributed by atoms with E-state index in [9.17, 15) is 0 Å². The molecule has 1 aliphatic heterocycles. The number of unbranched alkanes of at least 4 members (excludes halogenated alkanes) is 1. The molecule has 112 valence electrons. The largest absolute Gasteiger partial charge is 0.373 e. The van der Waals surface area contributed by atoms with Crippen LogP contribution in [0.4, 0.5) is 0 Å². The average Bonchev–Trinajstić information content (AvgIpc) is 2.43. The molecule has 3 nitrogen and oxygen atoms in total. The highest BCUT2D eigenvalue weighted by atomic mass is 16.5. The van der Waals surface area contributed by atoms with E-state index < -0.39 is 0 Å². The van der Waals surface area contributed by atoms with Crippen molar-refractivity contribution >= 4 is 0 Å². The summed E-state index contributed by atoms with van der Waals surface area (Å²) in [7, 11) is 0. The van der Waals surface area contributed by atoms with Crippen molar-refractivity contribution in [2.24, 2.45) is 0 Å². The highest BCUT2D eigenvalue weighted by Gasteiger charge is 2.21. The van der Waals surface area contributed by atoms with Crippen LogP contribution in [0, 0.1) is 0 Å². The first-order valence-corrected chi connectivity index (χ1v) is 7.86. The summed E-state index contributed by atoms with van der Waals surface area (Å²) < 4.78 is 5.76. The molecule has 2 atom stereocenters. The molecule has 1 aromatic carbocycles. The summed E-state index contributed by atoms with van der Waals surface area (Å²) in [6, 6.07) is 10.6. The maximum absolute atomic E-state index is 5.76. The van der Waals surface area contributed by atoms with Crippen LogP contribution in [0.2, 0.25) is 0 Å². The first kappa shape index (κ1) is 15.5. The van der Waals surface area contributed by atoms with Gasteiger partial charge in [-0.25, -0.2) is 0 Å². The van der Waals surface area contributed by atoms with Crippen LogP contribution in [-0.2, 0) is 11.3 Å². The fourth-order valence-electron chi connectivity index (χ4n) is 2.88. The summed E-state index contributed by atoms with van der Waals surface area (Å²) in [4.78, 5) is 2.54. The molecule has 1 aromatic rings. The third-order valence-electron chi connectivity index (χ3n) is 3.75. The molecule has 1 N–H and O–H groups in total. The molecule has 1 aliphatic rings. The molecule has 1 heterocycles. The van der Waals surface area contributed by atoms with Crippen molar-refractivity contribution in [2.45, 2.75) is 45.4 Å². The lowest BCUT2D eigenvalue weighted by Crippen LogP contribution is -2.45. The van der Waals surface area contributed by atoms with Crippen LogP contribution < -0.4 is 5.32 Å². The maximum Gasteiger partial charge on any atom is 0.0678 e. The number of ether oxygens (including phenoxy) is 1. The van der Waals surface area contributed by atoms with E-state index >= 15 is 0 Å². The van der Waals surface area contributed by atoms with E-state index in [1.54, 1.807) is 0 Å². The second-order valence-corrected chi connectivity index (χ2v) is 5.89. The molecule has 1 fully saturated rings. The second kappa shape index (κ2) is 8.40. The Morgan fingerprint density at radius 2 is 1.80 bits per heavy atom. The molecule has 20 heavy (non-hydrogen) atoms. The molecular weight excluding hydrogens is 248 g/mol. The molecular formula is C17H28N2O. The molecule has 0 bridgehead atoms. The fourth-order valence-corrected chi connectivity index (χ4v) is 2.88. The van der Waals surface area contributed by atoms with Crippen LogP contribution >= 0.6 is 0 Å². The Labute approximate surface area is 123 Å². The summed E-state index contributed by atoms with van der Waals surface area (Å²) in [6.07, 6.45) is 3.28. The number of hydrogen-bond acceptors (Lipinski definition) is 3. The number of nitrogens with one attached hydrogen (secondary N) is 1. The third kappa shape index (κ3) is 5.61. The lowest BCUT2D eigenvalue weighted by atomic mass is 10.2. The van der Waals surface area contributed by atoms with Gasteiger partial charge in [-0.3, -0.25) is 4.90 Å². The number of nitrogens with zero attached hydrogens (tertiary/aromatic N) is 1. The van der Waals surface area contributed by atoms with E-state index in [4.69, 9.17) is 4.74 Å². The van der Waals surface area contributed by atoms with E-state index in [1.165, 1.54) is 24.9 Å². The monoisotopic (exact) mass is 276 g/mol. The normalized spacial score (nSPS) is 23.9. The minimum absolute atomic E-state index is 0.384. The lowest BCUT2D eigenvalue weighted by molar-refractivity contribution is -0.0681. The Hall–Kier alpha value is -0.900. The summed E-state index contributed by atoms with van der Waals surface area (Å²) >= 11 is 0. The van der Waals surface area contributed by atoms with Crippen LogP contribution in [0.25, 0.3) is 0 Å². The lowest BCUT2D eigenvalue weighted by Gasteiger charge is -2.35. The molecule has 0 spiro atoms. The van der Waals surface area contributed by atoms with Crippen LogP contribution in [0.15, 0.2) is 30.3 Å². The van der Waals surface area contributed by atoms with E-state index in [0.29, 0.717) is 12.2 Å². The van der Waals surface area contributed by atoms with Crippen molar-refractivity contribution in [1.29, 1.82) is 0 Å². The molecule has 0 amide bonds. The zero-order valence-electron chi connectivity index (χ0n) is 12.8. The van der Waals surface area contributed by atoms with Crippen molar-refractivity contribution in [1.82, 2.24) is 10.2 Å². The van der Waals surface area contributed by atoms with Gasteiger partial charge in [-0.05, 0) is 45.3 Å². The number of rotatable bonds is 7. The first-order valence-electron chi connectivity index (χ1n) is 7.86. The molecule has 2 rings (SSSR count). The third-order valence-corrected chi connectivity index (χ3v) is 3.75. The Bertz CT molecular complexity index is 359. The smallest absolute Gasteiger partial charge is 0.0678 e. The van der Waals surface area contributed by atoms with Crippen LogP contribution in [0.1, 0.15) is 32.3 Å². The molecule has 0 aliphatic carbocycles. The Balaban J connectivity index is 1.51. The quantitative estimate of drug-likeness (QED) is 0.775. The standard InChI is InChI=1S/C17H28N2O/c1-15-13-19(14-16(2)20-15)11-7-6-10-18-12-17-8-4-3-5-9-17/h3-5,8-9,15-16,18H,6-7,10-14H2,1-2H3. The number of morpholine rings is 1. The highest BCUT2D eigenvalue weighted by molar-refractivity contribution is 5.14. The molecule has 0 saturated carbocycles. The van der Waals surface area contributed by atoms with Crippen molar-refractivity contribution < 1.29 is 4.74 Å². The van der Waals surface area contributed by atoms with Gasteiger partial charge in [-0.15, -0.1) is 0 Å². The Morgan fingerprint density at radius 1 is 1.10 bits per heavy atom. The van der Waals surface area contributed by atoms with E-state index in [0.717, 1.165) is 26.2 Å². The van der Waals surface area contributed by atoms with Crippen molar-refractivity contribution in [3.05, 3.63) is 35.9 Å². The van der Waals surface area contributed by atoms with E-state index in [1.807, 2.05) is 0 Å². The van der Waals surface area contributed by atoms with Crippen LogP contribution in [-0.4, -0.2) is 43.3 Å². The molecule has 3 heteroatoms. The van der Waals surface area contributed by atoms with Crippen molar-refractivity contribution in [2.75, 3.05) is 26.2 Å². The van der Waals surface area contributed by atoms with Crippen molar-refractivity contribution in [3.63, 3.8) is 0 Å². The number of hydrogen-bond donors (Lipinski definition) is 1. The molecule has 0 radical (unpaired) electrons. The van der Waals surface area contributed by atoms with Crippen LogP contribution in [0.3, 0.4) is 0 Å². The highest BCUT2D eigenvalue weighted by Crippen LogP contribution is 2.11. The van der Waals surface area contributed by atoms with Gasteiger partial charge in [0.2, 0.25) is 0 Å². The Kier molecular flexibility index (Phi) is 6.51. The van der Waals surface area contributed by atoms with Crippen molar-refractivity contribution in [3.8, 4) is 0 Å². The SMILES string of the molecule is CC1CN(CCCCNCc2ccccc2)CC(C)O1. The van der Waals surface area contributed by atoms with Gasteiger partial charge in [0.25, 0.3) is 0 Å². The molecule has 0 aromatic heterocycles. The van der Waals surface area contributed by atoms with Gasteiger partial charge in [0.15, 0.2) is 0 Å². The van der Waals surface area contributed by atoms with E-state index in [2.05, 4.69) is 54.4 Å². The predicted molar refractivity (Wildman–Crippen MR) is 83.8 cm³/mol. The van der Waals surface area contributed by atoms with E-state index in [-0.39, 0.29) is 0 Å². The van der Waals surface area contributed by atoms with Gasteiger partial charge in [0.05, 0.1) is 12.2 Å². The summed E-state index contributed by atoms with van der Waals surface area (Å²) in [5, 5.41) is 3.51.